The topological polar surface area (TPSA) is 84.6 Å². The maximum Gasteiger partial charge on any atom is 0.248 e. The highest BCUT2D eigenvalue weighted by molar-refractivity contribution is 5.93. The van der Waals surface area contributed by atoms with Gasteiger partial charge >= 0.3 is 0 Å². The number of benzene rings is 1. The number of nitrogens with one attached hydrogen (secondary N) is 1. The molecule has 1 aliphatic heterocycles. The van der Waals surface area contributed by atoms with Crippen molar-refractivity contribution in [3.05, 3.63) is 29.3 Å². The highest BCUT2D eigenvalue weighted by Gasteiger charge is 2.24. The molecule has 1 saturated heterocycles. The van der Waals surface area contributed by atoms with Gasteiger partial charge in [-0.1, -0.05) is 0 Å². The number of β-amino-alcohol motifs (C(OH)–C–C–N with tert-alkyl or cyclic N) is 1. The Morgan fingerprint density at radius 2 is 2.33 bits per heavy atom. The van der Waals surface area contributed by atoms with Crippen molar-refractivity contribution in [3.63, 3.8) is 0 Å². The van der Waals surface area contributed by atoms with Crippen molar-refractivity contribution in [2.75, 3.05) is 13.1 Å². The third kappa shape index (κ3) is 2.80. The number of primary amides is 1. The van der Waals surface area contributed by atoms with Crippen molar-refractivity contribution >= 4 is 5.91 Å². The van der Waals surface area contributed by atoms with Gasteiger partial charge in [-0.25, -0.2) is 0 Å². The number of aliphatic hydroxyl groups excluding tert-OH is 1. The van der Waals surface area contributed by atoms with E-state index in [0.717, 1.165) is 18.5 Å². The Kier molecular flexibility index (Phi) is 3.84. The molecule has 1 aromatic rings. The number of ether oxygens (including phenoxy) is 1. The lowest BCUT2D eigenvalue weighted by Crippen LogP contribution is -2.46. The van der Waals surface area contributed by atoms with E-state index in [0.29, 0.717) is 17.9 Å². The number of nitrogens with two attached hydrogens (primary N) is 1. The molecule has 0 bridgehead atoms. The van der Waals surface area contributed by atoms with Crippen molar-refractivity contribution in [3.8, 4) is 5.75 Å². The molecule has 0 unspecified atom stereocenters. The maximum absolute atomic E-state index is 11.0. The minimum atomic E-state index is -0.506. The summed E-state index contributed by atoms with van der Waals surface area (Å²) in [5, 5.41) is 12.9. The van der Waals surface area contributed by atoms with E-state index in [2.05, 4.69) is 5.32 Å². The Balaban J connectivity index is 2.11. The third-order valence-electron chi connectivity index (χ3n) is 3.13. The van der Waals surface area contributed by atoms with Gasteiger partial charge in [-0.3, -0.25) is 4.79 Å². The Hall–Kier alpha value is -1.59. The molecule has 0 radical (unpaired) electrons. The van der Waals surface area contributed by atoms with Crippen molar-refractivity contribution in [1.29, 1.82) is 0 Å². The smallest absolute Gasteiger partial charge is 0.248 e. The molecule has 18 heavy (non-hydrogen) atoms. The zero-order valence-corrected chi connectivity index (χ0v) is 10.3. The van der Waals surface area contributed by atoms with E-state index in [1.54, 1.807) is 18.2 Å². The lowest BCUT2D eigenvalue weighted by Gasteiger charge is -2.29. The SMILES string of the molecule is Cc1cc(C(N)=O)ccc1O[C@@H]1CCNC[C@H]1O. The van der Waals surface area contributed by atoms with Gasteiger partial charge in [0.1, 0.15) is 18.0 Å². The number of carbonyl (C=O) groups excluding carboxylic acids is 1. The Labute approximate surface area is 106 Å². The summed E-state index contributed by atoms with van der Waals surface area (Å²) in [6.45, 7) is 3.23. The predicted octanol–water partition coefficient (Wildman–Crippen LogP) is 0.196. The van der Waals surface area contributed by atoms with Crippen LogP contribution in [0.1, 0.15) is 22.3 Å². The first-order valence-corrected chi connectivity index (χ1v) is 6.04. The fourth-order valence-electron chi connectivity index (χ4n) is 2.05. The van der Waals surface area contributed by atoms with Gasteiger partial charge in [0.2, 0.25) is 5.91 Å². The van der Waals surface area contributed by atoms with Crippen LogP contribution < -0.4 is 15.8 Å². The molecule has 0 spiro atoms. The summed E-state index contributed by atoms with van der Waals surface area (Å²) < 4.78 is 5.79. The standard InChI is InChI=1S/C13H18N2O3/c1-8-6-9(13(14)17)2-3-11(8)18-12-4-5-15-7-10(12)16/h2-3,6,10,12,15-16H,4-5,7H2,1H3,(H2,14,17)/t10-,12-/m1/s1. The quantitative estimate of drug-likeness (QED) is 0.715. The molecule has 0 saturated carbocycles. The molecule has 5 nitrogen and oxygen atoms in total. The summed E-state index contributed by atoms with van der Waals surface area (Å²) in [7, 11) is 0. The highest BCUT2D eigenvalue weighted by atomic mass is 16.5. The molecule has 1 amide bonds. The number of rotatable bonds is 3. The first-order valence-electron chi connectivity index (χ1n) is 6.04. The second kappa shape index (κ2) is 5.37. The van der Waals surface area contributed by atoms with Crippen LogP contribution in [0.2, 0.25) is 0 Å². The summed E-state index contributed by atoms with van der Waals surface area (Å²) in [5.41, 5.74) is 6.52. The number of hydrogen-bond donors (Lipinski definition) is 3. The van der Waals surface area contributed by atoms with Crippen LogP contribution in [0.25, 0.3) is 0 Å². The molecule has 5 heteroatoms. The van der Waals surface area contributed by atoms with E-state index in [-0.39, 0.29) is 6.10 Å². The van der Waals surface area contributed by atoms with Crippen LogP contribution in [0.3, 0.4) is 0 Å². The first kappa shape index (κ1) is 12.9. The lowest BCUT2D eigenvalue weighted by molar-refractivity contribution is 0.0159. The number of hydrogen-bond acceptors (Lipinski definition) is 4. The third-order valence-corrected chi connectivity index (χ3v) is 3.13. The van der Waals surface area contributed by atoms with Crippen molar-refractivity contribution in [1.82, 2.24) is 5.32 Å². The molecular formula is C13H18N2O3. The first-order chi connectivity index (χ1) is 8.58. The number of carbonyl (C=O) groups is 1. The monoisotopic (exact) mass is 250 g/mol. The van der Waals surface area contributed by atoms with Crippen LogP contribution >= 0.6 is 0 Å². The van der Waals surface area contributed by atoms with Gasteiger partial charge < -0.3 is 20.9 Å². The Morgan fingerprint density at radius 1 is 1.56 bits per heavy atom. The molecule has 98 valence electrons. The number of piperidine rings is 1. The van der Waals surface area contributed by atoms with E-state index in [1.807, 2.05) is 6.92 Å². The Morgan fingerprint density at radius 3 is 2.94 bits per heavy atom. The molecule has 1 aromatic carbocycles. The highest BCUT2D eigenvalue weighted by Crippen LogP contribution is 2.22. The number of amides is 1. The summed E-state index contributed by atoms with van der Waals surface area (Å²) in [6, 6.07) is 5.06. The van der Waals surface area contributed by atoms with E-state index in [1.165, 1.54) is 0 Å². The van der Waals surface area contributed by atoms with Crippen molar-refractivity contribution in [2.24, 2.45) is 5.73 Å². The maximum atomic E-state index is 11.0. The van der Waals surface area contributed by atoms with Crippen LogP contribution in [0, 0.1) is 6.92 Å². The van der Waals surface area contributed by atoms with Gasteiger partial charge in [0, 0.05) is 12.1 Å². The normalized spacial score (nSPS) is 23.7. The lowest BCUT2D eigenvalue weighted by atomic mass is 10.1. The van der Waals surface area contributed by atoms with Crippen molar-refractivity contribution in [2.45, 2.75) is 25.6 Å². The molecule has 1 fully saturated rings. The molecule has 4 N–H and O–H groups in total. The minimum absolute atomic E-state index is 0.204. The molecule has 1 aliphatic rings. The van der Waals surface area contributed by atoms with Gasteiger partial charge in [-0.2, -0.15) is 0 Å². The molecule has 0 aliphatic carbocycles. The summed E-state index contributed by atoms with van der Waals surface area (Å²) in [6.07, 6.45) is 0.0522. The summed E-state index contributed by atoms with van der Waals surface area (Å²) in [5.74, 6) is 0.234. The summed E-state index contributed by atoms with van der Waals surface area (Å²) >= 11 is 0. The largest absolute Gasteiger partial charge is 0.487 e. The fraction of sp³-hybridized carbons (Fsp3) is 0.462. The molecule has 2 rings (SSSR count). The Bertz CT molecular complexity index is 448. The van der Waals surface area contributed by atoms with Crippen LogP contribution in [-0.2, 0) is 0 Å². The predicted molar refractivity (Wildman–Crippen MR) is 67.6 cm³/mol. The van der Waals surface area contributed by atoms with Crippen LogP contribution in [0.4, 0.5) is 0 Å². The molecule has 1 heterocycles. The molecular weight excluding hydrogens is 232 g/mol. The zero-order chi connectivity index (χ0) is 13.1. The summed E-state index contributed by atoms with van der Waals surface area (Å²) in [4.78, 5) is 11.0. The van der Waals surface area contributed by atoms with Crippen molar-refractivity contribution < 1.29 is 14.6 Å². The average Bonchev–Trinajstić information content (AvgIpc) is 2.34. The van der Waals surface area contributed by atoms with Crippen LogP contribution in [0.5, 0.6) is 5.75 Å². The van der Waals surface area contributed by atoms with E-state index >= 15 is 0 Å². The second-order valence-electron chi connectivity index (χ2n) is 4.56. The van der Waals surface area contributed by atoms with E-state index < -0.39 is 12.0 Å². The van der Waals surface area contributed by atoms with Gasteiger partial charge in [0.15, 0.2) is 0 Å². The van der Waals surface area contributed by atoms with Gasteiger partial charge in [-0.15, -0.1) is 0 Å². The average molecular weight is 250 g/mol. The zero-order valence-electron chi connectivity index (χ0n) is 10.3. The van der Waals surface area contributed by atoms with E-state index in [4.69, 9.17) is 10.5 Å². The van der Waals surface area contributed by atoms with Crippen LogP contribution in [0.15, 0.2) is 18.2 Å². The number of aliphatic hydroxyl groups is 1. The van der Waals surface area contributed by atoms with Gasteiger partial charge in [0.25, 0.3) is 0 Å². The van der Waals surface area contributed by atoms with Crippen LogP contribution in [-0.4, -0.2) is 36.3 Å². The number of aryl methyl sites for hydroxylation is 1. The van der Waals surface area contributed by atoms with Gasteiger partial charge in [-0.05, 0) is 43.7 Å². The second-order valence-corrected chi connectivity index (χ2v) is 4.56. The fourth-order valence-corrected chi connectivity index (χ4v) is 2.05. The molecule has 2 atom stereocenters. The molecule has 0 aromatic heterocycles. The van der Waals surface area contributed by atoms with Gasteiger partial charge in [0.05, 0.1) is 0 Å². The van der Waals surface area contributed by atoms with E-state index in [9.17, 15) is 9.90 Å². The minimum Gasteiger partial charge on any atom is -0.487 e.